The van der Waals surface area contributed by atoms with Crippen molar-refractivity contribution >= 4 is 17.5 Å². The summed E-state index contributed by atoms with van der Waals surface area (Å²) in [7, 11) is 1.92. The molecule has 2 nitrogen and oxygen atoms in total. The van der Waals surface area contributed by atoms with Gasteiger partial charge in [0.1, 0.15) is 0 Å². The molecular formula is C16H22ClNO. The van der Waals surface area contributed by atoms with E-state index >= 15 is 0 Å². The minimum Gasteiger partial charge on any atom is -0.345 e. The first-order valence-corrected chi connectivity index (χ1v) is 7.61. The third-order valence-corrected chi connectivity index (χ3v) is 4.23. The number of amides is 1. The number of nitrogens with zero attached hydrogens (tertiary/aromatic N) is 1. The van der Waals surface area contributed by atoms with Gasteiger partial charge in [-0.25, -0.2) is 0 Å². The van der Waals surface area contributed by atoms with Gasteiger partial charge in [-0.15, -0.1) is 11.6 Å². The number of carbonyl (C=O) groups excluding carboxylic acids is 1. The SMILES string of the molecule is CN(CCCCCCl)C(=O)C1(c2ccccc2)CC1. The van der Waals surface area contributed by atoms with E-state index < -0.39 is 0 Å². The second kappa shape index (κ2) is 6.42. The van der Waals surface area contributed by atoms with Gasteiger partial charge in [-0.3, -0.25) is 4.79 Å². The van der Waals surface area contributed by atoms with Gasteiger partial charge in [0, 0.05) is 19.5 Å². The largest absolute Gasteiger partial charge is 0.345 e. The van der Waals surface area contributed by atoms with Crippen molar-refractivity contribution in [3.63, 3.8) is 0 Å². The van der Waals surface area contributed by atoms with E-state index in [4.69, 9.17) is 11.6 Å². The highest BCUT2D eigenvalue weighted by molar-refractivity contribution is 6.17. The van der Waals surface area contributed by atoms with Gasteiger partial charge in [-0.2, -0.15) is 0 Å². The average Bonchev–Trinajstić information content (AvgIpc) is 3.25. The van der Waals surface area contributed by atoms with E-state index in [2.05, 4.69) is 12.1 Å². The number of benzene rings is 1. The Morgan fingerprint density at radius 3 is 2.47 bits per heavy atom. The Kier molecular flexibility index (Phi) is 4.87. The van der Waals surface area contributed by atoms with E-state index in [1.165, 1.54) is 5.56 Å². The van der Waals surface area contributed by atoms with Crippen LogP contribution in [0.3, 0.4) is 0 Å². The number of unbranched alkanes of at least 4 members (excludes halogenated alkanes) is 2. The maximum atomic E-state index is 12.6. The Balaban J connectivity index is 1.92. The topological polar surface area (TPSA) is 20.3 Å². The first kappa shape index (κ1) is 14.4. The summed E-state index contributed by atoms with van der Waals surface area (Å²) in [5.41, 5.74) is 0.954. The number of carbonyl (C=O) groups is 1. The highest BCUT2D eigenvalue weighted by atomic mass is 35.5. The minimum absolute atomic E-state index is 0.220. The number of hydrogen-bond acceptors (Lipinski definition) is 1. The molecule has 0 aromatic heterocycles. The number of rotatable bonds is 7. The van der Waals surface area contributed by atoms with Crippen molar-refractivity contribution in [3.05, 3.63) is 35.9 Å². The van der Waals surface area contributed by atoms with Crippen LogP contribution in [0.1, 0.15) is 37.7 Å². The number of halogens is 1. The molecule has 0 bridgehead atoms. The molecule has 2 rings (SSSR count). The predicted octanol–water partition coefficient (Wildman–Crippen LogP) is 3.59. The third kappa shape index (κ3) is 3.30. The molecule has 0 aliphatic heterocycles. The molecule has 0 spiro atoms. The summed E-state index contributed by atoms with van der Waals surface area (Å²) >= 11 is 5.66. The van der Waals surface area contributed by atoms with Gasteiger partial charge in [0.15, 0.2) is 0 Å². The molecular weight excluding hydrogens is 258 g/mol. The van der Waals surface area contributed by atoms with Crippen LogP contribution in [0, 0.1) is 0 Å². The van der Waals surface area contributed by atoms with Crippen molar-refractivity contribution in [3.8, 4) is 0 Å². The second-order valence-electron chi connectivity index (χ2n) is 5.42. The Morgan fingerprint density at radius 2 is 1.89 bits per heavy atom. The van der Waals surface area contributed by atoms with Crippen LogP contribution in [0.4, 0.5) is 0 Å². The quantitative estimate of drug-likeness (QED) is 0.552. The fourth-order valence-corrected chi connectivity index (χ4v) is 2.78. The van der Waals surface area contributed by atoms with E-state index in [-0.39, 0.29) is 11.3 Å². The van der Waals surface area contributed by atoms with Crippen LogP contribution in [-0.2, 0) is 10.2 Å². The van der Waals surface area contributed by atoms with Gasteiger partial charge in [0.2, 0.25) is 5.91 Å². The van der Waals surface area contributed by atoms with Crippen LogP contribution in [0.15, 0.2) is 30.3 Å². The maximum absolute atomic E-state index is 12.6. The summed E-state index contributed by atoms with van der Waals surface area (Å²) < 4.78 is 0. The van der Waals surface area contributed by atoms with Crippen LogP contribution in [-0.4, -0.2) is 30.3 Å². The summed E-state index contributed by atoms with van der Waals surface area (Å²) in [6.07, 6.45) is 5.15. The Hall–Kier alpha value is -1.02. The van der Waals surface area contributed by atoms with Gasteiger partial charge >= 0.3 is 0 Å². The first-order valence-electron chi connectivity index (χ1n) is 7.08. The molecule has 104 valence electrons. The molecule has 1 fully saturated rings. The summed E-state index contributed by atoms with van der Waals surface area (Å²) in [5.74, 6) is 0.996. The van der Waals surface area contributed by atoms with Crippen molar-refractivity contribution in [1.82, 2.24) is 4.90 Å². The van der Waals surface area contributed by atoms with Crippen molar-refractivity contribution in [2.24, 2.45) is 0 Å². The fraction of sp³-hybridized carbons (Fsp3) is 0.562. The van der Waals surface area contributed by atoms with E-state index in [0.717, 1.165) is 38.6 Å². The maximum Gasteiger partial charge on any atom is 0.232 e. The summed E-state index contributed by atoms with van der Waals surface area (Å²) in [4.78, 5) is 14.5. The molecule has 0 N–H and O–H groups in total. The molecule has 1 aromatic rings. The zero-order chi connectivity index (χ0) is 13.7. The molecule has 1 aliphatic rings. The van der Waals surface area contributed by atoms with Crippen LogP contribution < -0.4 is 0 Å². The molecule has 3 heteroatoms. The van der Waals surface area contributed by atoms with Crippen LogP contribution >= 0.6 is 11.6 Å². The summed E-state index contributed by atoms with van der Waals surface area (Å²) in [6, 6.07) is 10.2. The van der Waals surface area contributed by atoms with Crippen LogP contribution in [0.5, 0.6) is 0 Å². The molecule has 0 saturated heterocycles. The van der Waals surface area contributed by atoms with Crippen molar-refractivity contribution in [2.75, 3.05) is 19.5 Å². The monoisotopic (exact) mass is 279 g/mol. The van der Waals surface area contributed by atoms with E-state index in [1.807, 2.05) is 30.1 Å². The summed E-state index contributed by atoms with van der Waals surface area (Å²) in [5, 5.41) is 0. The zero-order valence-corrected chi connectivity index (χ0v) is 12.3. The molecule has 1 amide bonds. The molecule has 1 aromatic carbocycles. The third-order valence-electron chi connectivity index (χ3n) is 3.96. The van der Waals surface area contributed by atoms with E-state index in [0.29, 0.717) is 5.88 Å². The number of alkyl halides is 1. The fourth-order valence-electron chi connectivity index (χ4n) is 2.60. The highest BCUT2D eigenvalue weighted by Gasteiger charge is 2.52. The van der Waals surface area contributed by atoms with E-state index in [9.17, 15) is 4.79 Å². The lowest BCUT2D eigenvalue weighted by atomic mass is 9.94. The molecule has 0 unspecified atom stereocenters. The van der Waals surface area contributed by atoms with Crippen molar-refractivity contribution in [1.29, 1.82) is 0 Å². The summed E-state index contributed by atoms with van der Waals surface area (Å²) in [6.45, 7) is 0.838. The lowest BCUT2D eigenvalue weighted by molar-refractivity contribution is -0.132. The molecule has 1 saturated carbocycles. The average molecular weight is 280 g/mol. The van der Waals surface area contributed by atoms with Crippen LogP contribution in [0.25, 0.3) is 0 Å². The molecule has 19 heavy (non-hydrogen) atoms. The Bertz CT molecular complexity index is 414. The number of hydrogen-bond donors (Lipinski definition) is 0. The van der Waals surface area contributed by atoms with Gasteiger partial charge < -0.3 is 4.90 Å². The van der Waals surface area contributed by atoms with Gasteiger partial charge in [-0.1, -0.05) is 36.8 Å². The molecule has 1 aliphatic carbocycles. The lowest BCUT2D eigenvalue weighted by Crippen LogP contribution is -2.37. The molecule has 0 heterocycles. The zero-order valence-electron chi connectivity index (χ0n) is 11.6. The minimum atomic E-state index is -0.220. The first-order chi connectivity index (χ1) is 9.20. The standard InChI is InChI=1S/C16H22ClNO/c1-18(13-7-3-6-12-17)15(19)16(10-11-16)14-8-4-2-5-9-14/h2,4-5,8-9H,3,6-7,10-13H2,1H3. The predicted molar refractivity (Wildman–Crippen MR) is 79.6 cm³/mol. The highest BCUT2D eigenvalue weighted by Crippen LogP contribution is 2.49. The van der Waals surface area contributed by atoms with Gasteiger partial charge in [0.25, 0.3) is 0 Å². The van der Waals surface area contributed by atoms with Crippen molar-refractivity contribution < 1.29 is 4.79 Å². The van der Waals surface area contributed by atoms with E-state index in [1.54, 1.807) is 0 Å². The van der Waals surface area contributed by atoms with Crippen LogP contribution in [0.2, 0.25) is 0 Å². The molecule has 0 atom stereocenters. The Morgan fingerprint density at radius 1 is 1.21 bits per heavy atom. The van der Waals surface area contributed by atoms with Gasteiger partial charge in [0.05, 0.1) is 5.41 Å². The van der Waals surface area contributed by atoms with Crippen molar-refractivity contribution in [2.45, 2.75) is 37.5 Å². The Labute approximate surface area is 120 Å². The lowest BCUT2D eigenvalue weighted by Gasteiger charge is -2.24. The second-order valence-corrected chi connectivity index (χ2v) is 5.80. The normalized spacial score (nSPS) is 16.1. The molecule has 0 radical (unpaired) electrons. The number of likely N-dealkylation sites (N-methyl/N-ethyl adjacent to an activating group) is 1. The van der Waals surface area contributed by atoms with Gasteiger partial charge in [-0.05, 0) is 31.2 Å². The smallest absolute Gasteiger partial charge is 0.232 e.